The number of carboxylic acid groups (broad SMARTS) is 1. The Morgan fingerprint density at radius 1 is 1.15 bits per heavy atom. The van der Waals surface area contributed by atoms with Gasteiger partial charge in [-0.25, -0.2) is 9.78 Å². The van der Waals surface area contributed by atoms with Crippen LogP contribution in [-0.2, 0) is 11.3 Å². The van der Waals surface area contributed by atoms with Gasteiger partial charge in [-0.2, -0.15) is 0 Å². The number of nitrogens with zero attached hydrogens (tertiary/aromatic N) is 3. The third-order valence-corrected chi connectivity index (χ3v) is 9.81. The van der Waals surface area contributed by atoms with Crippen LogP contribution in [0.15, 0.2) is 39.5 Å². The number of anilines is 1. The van der Waals surface area contributed by atoms with Crippen LogP contribution in [0, 0.1) is 0 Å². The van der Waals surface area contributed by atoms with Gasteiger partial charge in [-0.3, -0.25) is 0 Å². The number of halogens is 2. The standard InChI is InChI=1S/C28H27Cl2N3O4S2/c1-14-8-18(9-15(2)33(14)28-31-22(13-39-28)17-10-23(27(34)35)38-12-17)36-11-19-25(32-37-26(19)16-6-7-16)24-20(29)4-3-5-21(24)30/h3-5,10,12-16,18H,6-9,11H2,1-2H3,(H,34,35)/t14-,15+,18?. The minimum atomic E-state index is -0.913. The van der Waals surface area contributed by atoms with Crippen LogP contribution in [0.2, 0.25) is 10.0 Å². The topological polar surface area (TPSA) is 88.7 Å². The van der Waals surface area contributed by atoms with E-state index in [4.69, 9.17) is 37.4 Å². The van der Waals surface area contributed by atoms with Crippen LogP contribution in [0.1, 0.15) is 66.4 Å². The summed E-state index contributed by atoms with van der Waals surface area (Å²) in [4.78, 5) is 18.8. The molecule has 7 nitrogen and oxygen atoms in total. The molecule has 1 saturated heterocycles. The van der Waals surface area contributed by atoms with E-state index in [2.05, 4.69) is 23.9 Å². The number of thiophene rings is 1. The van der Waals surface area contributed by atoms with Crippen molar-refractivity contribution in [1.82, 2.24) is 10.1 Å². The highest BCUT2D eigenvalue weighted by molar-refractivity contribution is 7.14. The highest BCUT2D eigenvalue weighted by Gasteiger charge is 2.36. The van der Waals surface area contributed by atoms with E-state index in [-0.39, 0.29) is 18.2 Å². The summed E-state index contributed by atoms with van der Waals surface area (Å²) in [5.41, 5.74) is 3.94. The molecule has 4 heterocycles. The summed E-state index contributed by atoms with van der Waals surface area (Å²) in [5, 5.41) is 19.5. The quantitative estimate of drug-likeness (QED) is 0.216. The lowest BCUT2D eigenvalue weighted by Gasteiger charge is -2.42. The van der Waals surface area contributed by atoms with Crippen LogP contribution in [0.25, 0.3) is 22.5 Å². The van der Waals surface area contributed by atoms with Gasteiger partial charge in [0, 0.05) is 45.5 Å². The summed E-state index contributed by atoms with van der Waals surface area (Å²) in [7, 11) is 0. The Labute approximate surface area is 244 Å². The van der Waals surface area contributed by atoms with E-state index in [0.717, 1.165) is 53.4 Å². The van der Waals surface area contributed by atoms with Gasteiger partial charge in [-0.15, -0.1) is 22.7 Å². The van der Waals surface area contributed by atoms with E-state index in [1.165, 1.54) is 11.3 Å². The number of benzene rings is 1. The Hall–Kier alpha value is -2.43. The van der Waals surface area contributed by atoms with Crippen molar-refractivity contribution in [1.29, 1.82) is 0 Å². The minimum absolute atomic E-state index is 0.0669. The average Bonchev–Trinajstić information content (AvgIpc) is 3.27. The maximum atomic E-state index is 11.3. The number of hydrogen-bond donors (Lipinski definition) is 1. The number of piperidine rings is 1. The van der Waals surface area contributed by atoms with Crippen LogP contribution >= 0.6 is 45.9 Å². The second kappa shape index (κ2) is 10.9. The Bertz CT molecular complexity index is 1480. The first kappa shape index (κ1) is 26.8. The molecule has 1 saturated carbocycles. The lowest BCUT2D eigenvalue weighted by atomic mass is 9.95. The highest BCUT2D eigenvalue weighted by Crippen LogP contribution is 2.46. The SMILES string of the molecule is C[C@@H]1CC(OCc2c(-c3c(Cl)cccc3Cl)noc2C2CC2)C[C@H](C)N1c1nc(-c2csc(C(=O)O)c2)cs1. The lowest BCUT2D eigenvalue weighted by Crippen LogP contribution is -2.49. The largest absolute Gasteiger partial charge is 0.477 e. The first-order chi connectivity index (χ1) is 18.8. The van der Waals surface area contributed by atoms with Gasteiger partial charge < -0.3 is 19.3 Å². The molecular formula is C28H27Cl2N3O4S2. The first-order valence-corrected chi connectivity index (χ1v) is 15.4. The van der Waals surface area contributed by atoms with E-state index in [1.54, 1.807) is 17.4 Å². The fourth-order valence-electron chi connectivity index (χ4n) is 5.38. The Balaban J connectivity index is 1.16. The van der Waals surface area contributed by atoms with Crippen LogP contribution in [0.5, 0.6) is 0 Å². The number of aromatic nitrogens is 2. The minimum Gasteiger partial charge on any atom is -0.477 e. The number of ether oxygens (including phenoxy) is 1. The monoisotopic (exact) mass is 603 g/mol. The Kier molecular flexibility index (Phi) is 7.45. The molecular weight excluding hydrogens is 577 g/mol. The summed E-state index contributed by atoms with van der Waals surface area (Å²) in [6.07, 6.45) is 3.95. The van der Waals surface area contributed by atoms with E-state index >= 15 is 0 Å². The summed E-state index contributed by atoms with van der Waals surface area (Å²) >= 11 is 15.8. The van der Waals surface area contributed by atoms with E-state index in [9.17, 15) is 9.90 Å². The molecule has 2 fully saturated rings. The van der Waals surface area contributed by atoms with E-state index in [1.807, 2.05) is 29.0 Å². The molecule has 2 aliphatic rings. The van der Waals surface area contributed by atoms with Crippen molar-refractivity contribution in [2.24, 2.45) is 0 Å². The van der Waals surface area contributed by atoms with Crippen molar-refractivity contribution < 1.29 is 19.2 Å². The predicted molar refractivity (Wildman–Crippen MR) is 156 cm³/mol. The molecule has 3 aromatic heterocycles. The van der Waals surface area contributed by atoms with E-state index in [0.29, 0.717) is 38.7 Å². The molecule has 4 aromatic rings. The Morgan fingerprint density at radius 2 is 1.87 bits per heavy atom. The second-order valence-corrected chi connectivity index (χ2v) is 12.8. The maximum absolute atomic E-state index is 11.3. The average molecular weight is 605 g/mol. The smallest absolute Gasteiger partial charge is 0.345 e. The number of thiazole rings is 1. The zero-order valence-electron chi connectivity index (χ0n) is 21.4. The van der Waals surface area contributed by atoms with Crippen molar-refractivity contribution in [2.75, 3.05) is 4.90 Å². The van der Waals surface area contributed by atoms with Gasteiger partial charge >= 0.3 is 5.97 Å². The molecule has 0 spiro atoms. The van der Waals surface area contributed by atoms with Crippen molar-refractivity contribution in [2.45, 2.75) is 70.2 Å². The third kappa shape index (κ3) is 5.35. The highest BCUT2D eigenvalue weighted by atomic mass is 35.5. The number of carboxylic acids is 1. The number of hydrogen-bond acceptors (Lipinski definition) is 8. The van der Waals surface area contributed by atoms with Crippen LogP contribution < -0.4 is 4.90 Å². The molecule has 0 bridgehead atoms. The molecule has 0 radical (unpaired) electrons. The maximum Gasteiger partial charge on any atom is 0.345 e. The van der Waals surface area contributed by atoms with Gasteiger partial charge in [0.2, 0.25) is 0 Å². The zero-order chi connectivity index (χ0) is 27.3. The summed E-state index contributed by atoms with van der Waals surface area (Å²) in [5.74, 6) is 0.345. The molecule has 39 heavy (non-hydrogen) atoms. The summed E-state index contributed by atoms with van der Waals surface area (Å²) in [6, 6.07) is 7.57. The molecule has 1 unspecified atom stereocenters. The molecule has 204 valence electrons. The van der Waals surface area contributed by atoms with Crippen LogP contribution in [-0.4, -0.2) is 39.4 Å². The van der Waals surface area contributed by atoms with Gasteiger partial charge in [0.15, 0.2) is 5.13 Å². The first-order valence-electron chi connectivity index (χ1n) is 12.9. The van der Waals surface area contributed by atoms with Crippen molar-refractivity contribution in [3.05, 3.63) is 61.3 Å². The van der Waals surface area contributed by atoms with Crippen LogP contribution in [0.3, 0.4) is 0 Å². The van der Waals surface area contributed by atoms with Gasteiger partial charge in [0.05, 0.1) is 28.5 Å². The number of aromatic carboxylic acids is 1. The van der Waals surface area contributed by atoms with E-state index < -0.39 is 5.97 Å². The molecule has 1 N–H and O–H groups in total. The number of carbonyl (C=O) groups is 1. The van der Waals surface area contributed by atoms with Gasteiger partial charge in [0.1, 0.15) is 16.3 Å². The fraction of sp³-hybridized carbons (Fsp3) is 0.393. The third-order valence-electron chi connectivity index (χ3n) is 7.41. The lowest BCUT2D eigenvalue weighted by molar-refractivity contribution is 0.00973. The molecule has 1 aliphatic carbocycles. The van der Waals surface area contributed by atoms with Gasteiger partial charge in [0.25, 0.3) is 0 Å². The molecule has 1 aromatic carbocycles. The van der Waals surface area contributed by atoms with Crippen molar-refractivity contribution >= 4 is 57.0 Å². The van der Waals surface area contributed by atoms with Crippen molar-refractivity contribution in [3.63, 3.8) is 0 Å². The van der Waals surface area contributed by atoms with Crippen LogP contribution in [0.4, 0.5) is 5.13 Å². The molecule has 0 amide bonds. The predicted octanol–water partition coefficient (Wildman–Crippen LogP) is 8.37. The van der Waals surface area contributed by atoms with Crippen molar-refractivity contribution in [3.8, 4) is 22.5 Å². The van der Waals surface area contributed by atoms with Gasteiger partial charge in [-0.1, -0.05) is 34.4 Å². The summed E-state index contributed by atoms with van der Waals surface area (Å²) < 4.78 is 12.3. The molecule has 11 heteroatoms. The molecule has 6 rings (SSSR count). The second-order valence-electron chi connectivity index (χ2n) is 10.3. The molecule has 3 atom stereocenters. The zero-order valence-corrected chi connectivity index (χ0v) is 24.5. The number of rotatable bonds is 8. The summed E-state index contributed by atoms with van der Waals surface area (Å²) in [6.45, 7) is 4.79. The molecule has 1 aliphatic heterocycles. The normalized spacial score (nSPS) is 21.4. The Morgan fingerprint density at radius 3 is 2.51 bits per heavy atom. The van der Waals surface area contributed by atoms with Gasteiger partial charge in [-0.05, 0) is 57.7 Å². The fourth-order valence-corrected chi connectivity index (χ4v) is 7.73.